The Hall–Kier alpha value is -6.62. The minimum Gasteiger partial charge on any atom is -0.664 e. The number of hydrogen-bond acceptors (Lipinski definition) is 7. The van der Waals surface area contributed by atoms with E-state index < -0.39 is 17.9 Å². The first-order valence-electron chi connectivity index (χ1n) is 25.3. The number of ketones is 2. The van der Waals surface area contributed by atoms with E-state index in [0.29, 0.717) is 55.7 Å². The smallest absolute Gasteiger partial charge is 0.161 e. The summed E-state index contributed by atoms with van der Waals surface area (Å²) in [5.41, 5.74) is 11.0. The third-order valence-electron chi connectivity index (χ3n) is 15.3. The second-order valence-corrected chi connectivity index (χ2v) is 20.1. The third-order valence-corrected chi connectivity index (χ3v) is 15.3. The fraction of sp³-hybridized carbons (Fsp3) is 0.367. The van der Waals surface area contributed by atoms with E-state index in [1.165, 1.54) is 0 Å². The van der Waals surface area contributed by atoms with Crippen LogP contribution < -0.4 is 9.72 Å². The van der Waals surface area contributed by atoms with Gasteiger partial charge in [-0.15, -0.1) is 5.69 Å². The number of aromatic nitrogens is 2. The minimum absolute atomic E-state index is 0.00493. The van der Waals surface area contributed by atoms with Gasteiger partial charge in [-0.1, -0.05) is 120 Å². The number of carbonyl (C=O) groups is 2. The van der Waals surface area contributed by atoms with Crippen molar-refractivity contribution in [1.82, 2.24) is 9.97 Å². The normalized spacial score (nSPS) is 21.1. The number of H-pyrrole nitrogens is 1. The summed E-state index contributed by atoms with van der Waals surface area (Å²) in [6.07, 6.45) is 17.6. The maximum atomic E-state index is 15.5. The number of fused-ring (bicyclic) bond motifs is 8. The first kappa shape index (κ1) is 47.1. The van der Waals surface area contributed by atoms with Crippen molar-refractivity contribution in [2.24, 2.45) is 17.8 Å². The predicted molar refractivity (Wildman–Crippen MR) is 273 cm³/mol. The van der Waals surface area contributed by atoms with E-state index in [2.05, 4.69) is 35.3 Å². The number of nitrogens with one attached hydrogen (secondary N) is 1. The van der Waals surface area contributed by atoms with Crippen LogP contribution in [0.3, 0.4) is 0 Å². The van der Waals surface area contributed by atoms with Crippen molar-refractivity contribution in [2.75, 3.05) is 13.2 Å². The number of phenolic OH excluding ortho intramolecular Hbond substituents is 2. The SMILES string of the molecule is O=C1CCc2cc(c(O)c(OC3CCCC3)c2)Cc2ccc(CC(O)Cc3ccccc3)c(c2)Cc2cc[nH]c2[N-]CC2=Cc3[n-]ccc3C(CC3C=Cc4c(O)cccc4CC3)C2C(=O)C1CCO. The summed E-state index contributed by atoms with van der Waals surface area (Å²) in [6.45, 7) is -0.137. The van der Waals surface area contributed by atoms with Crippen LogP contribution in [0.1, 0.15) is 119 Å². The molecule has 0 spiro atoms. The molecular formula is C60H63N3O7-2. The van der Waals surface area contributed by atoms with Gasteiger partial charge in [-0.05, 0) is 147 Å². The molecule has 10 rings (SSSR count). The van der Waals surface area contributed by atoms with E-state index in [1.807, 2.05) is 79.0 Å². The lowest BCUT2D eigenvalue weighted by Crippen LogP contribution is -2.37. The zero-order valence-electron chi connectivity index (χ0n) is 39.7. The second kappa shape index (κ2) is 21.2. The molecule has 6 aromatic rings. The van der Waals surface area contributed by atoms with Crippen molar-refractivity contribution < 1.29 is 34.8 Å². The molecule has 362 valence electrons. The topological polar surface area (TPSA) is 168 Å². The summed E-state index contributed by atoms with van der Waals surface area (Å²) in [5, 5.41) is 49.9. The molecular weight excluding hydrogens is 875 g/mol. The van der Waals surface area contributed by atoms with Crippen LogP contribution in [-0.2, 0) is 48.1 Å². The molecule has 5 atom stereocenters. The summed E-state index contributed by atoms with van der Waals surface area (Å²) >= 11 is 0. The van der Waals surface area contributed by atoms with Crippen molar-refractivity contribution in [1.29, 1.82) is 0 Å². The number of aliphatic hydroxyl groups excluding tert-OH is 2. The molecule has 4 aromatic carbocycles. The van der Waals surface area contributed by atoms with Crippen LogP contribution in [0.2, 0.25) is 0 Å². The number of rotatable bonds is 10. The van der Waals surface area contributed by atoms with Crippen molar-refractivity contribution >= 4 is 29.5 Å². The van der Waals surface area contributed by atoms with Crippen LogP contribution in [0.4, 0.5) is 5.82 Å². The quantitative estimate of drug-likeness (QED) is 0.0846. The van der Waals surface area contributed by atoms with Gasteiger partial charge in [0.2, 0.25) is 0 Å². The lowest BCUT2D eigenvalue weighted by molar-refractivity contribution is -0.135. The lowest BCUT2D eigenvalue weighted by Gasteiger charge is -2.38. The van der Waals surface area contributed by atoms with Crippen molar-refractivity contribution in [2.45, 2.75) is 108 Å². The Bertz CT molecular complexity index is 2890. The average Bonchev–Trinajstić information content (AvgIpc) is 4.13. The Morgan fingerprint density at radius 2 is 1.64 bits per heavy atom. The van der Waals surface area contributed by atoms with E-state index in [9.17, 15) is 25.2 Å². The minimum atomic E-state index is -1.05. The average molecular weight is 938 g/mol. The van der Waals surface area contributed by atoms with Gasteiger partial charge in [-0.25, -0.2) is 0 Å². The second-order valence-electron chi connectivity index (χ2n) is 20.1. The molecule has 70 heavy (non-hydrogen) atoms. The number of phenols is 2. The molecule has 4 bridgehead atoms. The fourth-order valence-corrected chi connectivity index (χ4v) is 11.7. The van der Waals surface area contributed by atoms with Crippen LogP contribution in [0.5, 0.6) is 17.2 Å². The predicted octanol–water partition coefficient (Wildman–Crippen LogP) is 10.6. The molecule has 3 aliphatic carbocycles. The standard InChI is InChI=1S/C60H63N3O7/c64-26-23-51-55(67)20-16-40-29-45(58(68)56(32-40)70-48-10-4-5-11-48)28-39-14-18-42(34-47(65)30-37-7-2-1-3-8-37)44(27-39)33-43-21-24-62-60(43)63-36-46-35-53-50(22-25-61-53)52(57(46)59(51)69)31-38-13-17-41-9-6-12-54(66)49(41)19-15-38/h1-3,6-9,12,14-15,18-19,21-22,24-25,27,29,32,35,38,47-48,51-52,57,62,64-66,68H,4-5,10-11,13,16-17,20,23,26,28,30-31,33-34,36H2/q-2. The molecule has 0 amide bonds. The van der Waals surface area contributed by atoms with Crippen molar-refractivity contribution in [3.05, 3.63) is 182 Å². The van der Waals surface area contributed by atoms with E-state index in [0.717, 1.165) is 99.9 Å². The molecule has 0 radical (unpaired) electrons. The number of Topliss-reactive ketones (excluding diaryl/α,β-unsaturated/α-hetero) is 2. The number of ether oxygens (including phenoxy) is 1. The van der Waals surface area contributed by atoms with E-state index in [4.69, 9.17) is 15.0 Å². The molecule has 4 aliphatic rings. The van der Waals surface area contributed by atoms with Gasteiger partial charge in [0.25, 0.3) is 0 Å². The van der Waals surface area contributed by atoms with Gasteiger partial charge < -0.3 is 40.4 Å². The largest absolute Gasteiger partial charge is 0.664 e. The van der Waals surface area contributed by atoms with Crippen LogP contribution in [0, 0.1) is 17.8 Å². The monoisotopic (exact) mass is 937 g/mol. The van der Waals surface area contributed by atoms with E-state index >= 15 is 4.79 Å². The van der Waals surface area contributed by atoms with Gasteiger partial charge in [0, 0.05) is 36.5 Å². The molecule has 10 heteroatoms. The molecule has 5 unspecified atom stereocenters. The molecule has 2 aromatic heterocycles. The maximum Gasteiger partial charge on any atom is 0.161 e. The summed E-state index contributed by atoms with van der Waals surface area (Å²) in [5.74, 6) is -1.06. The fourth-order valence-electron chi connectivity index (χ4n) is 11.7. The van der Waals surface area contributed by atoms with Gasteiger partial charge in [0.1, 0.15) is 11.5 Å². The van der Waals surface area contributed by atoms with Gasteiger partial charge >= 0.3 is 0 Å². The highest BCUT2D eigenvalue weighted by atomic mass is 16.5. The number of hydrogen-bond donors (Lipinski definition) is 5. The number of aromatic hydroxyl groups is 2. The summed E-state index contributed by atoms with van der Waals surface area (Å²) in [4.78, 5) is 38.4. The number of allylic oxidation sites excluding steroid dienone is 1. The molecule has 3 heterocycles. The lowest BCUT2D eigenvalue weighted by atomic mass is 9.67. The molecule has 0 saturated heterocycles. The zero-order chi connectivity index (χ0) is 48.1. The first-order chi connectivity index (χ1) is 34.2. The van der Waals surface area contributed by atoms with Crippen LogP contribution in [-0.4, -0.2) is 62.3 Å². The molecule has 1 fully saturated rings. The highest BCUT2D eigenvalue weighted by Crippen LogP contribution is 2.47. The number of nitrogens with zero attached hydrogens (tertiary/aromatic N) is 2. The Labute approximate surface area is 410 Å². The number of aryl methyl sites for hydroxylation is 2. The van der Waals surface area contributed by atoms with Gasteiger partial charge in [0.05, 0.1) is 18.1 Å². The number of benzene rings is 4. The molecule has 10 nitrogen and oxygen atoms in total. The van der Waals surface area contributed by atoms with Gasteiger partial charge in [0.15, 0.2) is 17.3 Å². The maximum absolute atomic E-state index is 15.5. The molecule has 1 aliphatic heterocycles. The number of aliphatic hydroxyl groups is 2. The Morgan fingerprint density at radius 3 is 2.49 bits per heavy atom. The van der Waals surface area contributed by atoms with Crippen LogP contribution >= 0.6 is 0 Å². The van der Waals surface area contributed by atoms with Crippen molar-refractivity contribution in [3.63, 3.8) is 0 Å². The first-order valence-corrected chi connectivity index (χ1v) is 25.3. The molecule has 1 saturated carbocycles. The Balaban J connectivity index is 1.04. The van der Waals surface area contributed by atoms with Crippen molar-refractivity contribution in [3.8, 4) is 17.2 Å². The van der Waals surface area contributed by atoms with E-state index in [-0.39, 0.29) is 67.0 Å². The Kier molecular flexibility index (Phi) is 14.2. The van der Waals surface area contributed by atoms with Gasteiger partial charge in [-0.3, -0.25) is 9.59 Å². The molecule has 5 N–H and O–H groups in total. The summed E-state index contributed by atoms with van der Waals surface area (Å²) in [6, 6.07) is 29.8. The Morgan fingerprint density at radius 1 is 0.800 bits per heavy atom. The van der Waals surface area contributed by atoms with Crippen LogP contribution in [0.15, 0.2) is 115 Å². The van der Waals surface area contributed by atoms with Crippen LogP contribution in [0.25, 0.3) is 17.5 Å². The third kappa shape index (κ3) is 10.4. The zero-order valence-corrected chi connectivity index (χ0v) is 39.7. The van der Waals surface area contributed by atoms with E-state index in [1.54, 1.807) is 12.3 Å². The summed E-state index contributed by atoms with van der Waals surface area (Å²) in [7, 11) is 0. The highest BCUT2D eigenvalue weighted by Gasteiger charge is 2.41. The highest BCUT2D eigenvalue weighted by molar-refractivity contribution is 6.05. The van der Waals surface area contributed by atoms with Gasteiger partial charge in [-0.2, -0.15) is 6.20 Å². The summed E-state index contributed by atoms with van der Waals surface area (Å²) < 4.78 is 6.51. The number of carbonyl (C=O) groups excluding carboxylic acids is 2. The number of aromatic amines is 1.